The van der Waals surface area contributed by atoms with Crippen LogP contribution in [0.15, 0.2) is 22.7 Å². The van der Waals surface area contributed by atoms with Crippen molar-refractivity contribution in [2.24, 2.45) is 23.7 Å². The third-order valence-corrected chi connectivity index (χ3v) is 10.7. The van der Waals surface area contributed by atoms with Crippen molar-refractivity contribution in [1.82, 2.24) is 4.90 Å². The first-order valence-electron chi connectivity index (χ1n) is 9.68. The van der Waals surface area contributed by atoms with Crippen LogP contribution in [-0.2, 0) is 23.9 Å². The van der Waals surface area contributed by atoms with Gasteiger partial charge in [0.05, 0.1) is 16.9 Å². The van der Waals surface area contributed by atoms with E-state index in [1.165, 1.54) is 6.92 Å². The summed E-state index contributed by atoms with van der Waals surface area (Å²) in [6.45, 7) is 0.906. The summed E-state index contributed by atoms with van der Waals surface area (Å²) >= 11 is 16.5. The minimum atomic E-state index is -1.09. The topological polar surface area (TPSA) is 92.8 Å². The van der Waals surface area contributed by atoms with E-state index in [2.05, 4.69) is 53.1 Å². The molecule has 2 aliphatic carbocycles. The van der Waals surface area contributed by atoms with Gasteiger partial charge in [0.25, 0.3) is 5.91 Å². The zero-order valence-corrected chi connectivity index (χ0v) is 21.7. The van der Waals surface area contributed by atoms with Crippen molar-refractivity contribution in [2.75, 3.05) is 11.9 Å². The van der Waals surface area contributed by atoms with Gasteiger partial charge in [0, 0.05) is 19.8 Å². The second-order valence-corrected chi connectivity index (χ2v) is 11.4. The number of carbonyl (C=O) groups excluding carboxylic acids is 4. The number of rotatable bonds is 5. The summed E-state index contributed by atoms with van der Waals surface area (Å²) < 4.78 is 5.76. The van der Waals surface area contributed by atoms with Gasteiger partial charge >= 0.3 is 5.97 Å². The Labute approximate surface area is 208 Å². The number of nitrogens with zero attached hydrogens (tertiary/aromatic N) is 1. The Morgan fingerprint density at radius 1 is 1.19 bits per heavy atom. The van der Waals surface area contributed by atoms with Crippen molar-refractivity contribution in [3.63, 3.8) is 0 Å². The van der Waals surface area contributed by atoms with Crippen LogP contribution in [0.2, 0.25) is 5.02 Å². The largest absolute Gasteiger partial charge is 0.454 e. The SMILES string of the molecule is C[C@H](C(=O)OCC(=O)Nc1ccc(Br)c(Cl)c1)N1C(=O)[C@@H]2[C@H]3C[C@@H]([C@H](Br)[C@@H]3Br)[C@@H]2C1=O. The summed E-state index contributed by atoms with van der Waals surface area (Å²) in [5.74, 6) is -2.71. The minimum Gasteiger partial charge on any atom is -0.454 e. The number of esters is 1. The molecule has 3 amide bonds. The van der Waals surface area contributed by atoms with E-state index in [4.69, 9.17) is 16.3 Å². The number of fused-ring (bicyclic) bond motifs is 5. The number of benzene rings is 1. The number of anilines is 1. The molecule has 11 heteroatoms. The third-order valence-electron chi connectivity index (χ3n) is 6.30. The van der Waals surface area contributed by atoms with Gasteiger partial charge in [-0.25, -0.2) is 4.79 Å². The molecular weight excluding hydrogens is 623 g/mol. The number of alkyl halides is 2. The standard InChI is InChI=1S/C20H18Br3ClN2O5/c1-7(20(30)31-6-13(27)25-8-2-3-11(21)12(24)4-8)26-18(28)14-9-5-10(15(14)19(26)29)17(23)16(9)22/h2-4,7,9-10,14-17H,5-6H2,1H3,(H,25,27)/t7-,9-,10-,14-,15+,16-,17+/m1/s1. The molecule has 1 heterocycles. The second-order valence-electron chi connectivity index (χ2n) is 8.01. The molecule has 7 nitrogen and oxygen atoms in total. The molecule has 1 aromatic carbocycles. The summed E-state index contributed by atoms with van der Waals surface area (Å²) in [5.41, 5.74) is 0.448. The number of amides is 3. The highest BCUT2D eigenvalue weighted by atomic mass is 79.9. The van der Waals surface area contributed by atoms with Crippen molar-refractivity contribution < 1.29 is 23.9 Å². The fraction of sp³-hybridized carbons (Fsp3) is 0.500. The van der Waals surface area contributed by atoms with E-state index >= 15 is 0 Å². The number of hydrogen-bond acceptors (Lipinski definition) is 5. The Kier molecular flexibility index (Phi) is 6.55. The van der Waals surface area contributed by atoms with Crippen molar-refractivity contribution in [2.45, 2.75) is 29.0 Å². The van der Waals surface area contributed by atoms with E-state index in [-0.39, 0.29) is 33.3 Å². The summed E-state index contributed by atoms with van der Waals surface area (Å²) in [6.07, 6.45) is 0.811. The quantitative estimate of drug-likeness (QED) is 0.301. The number of hydrogen-bond donors (Lipinski definition) is 1. The molecule has 7 atom stereocenters. The van der Waals surface area contributed by atoms with Gasteiger partial charge in [-0.2, -0.15) is 0 Å². The monoisotopic (exact) mass is 638 g/mol. The highest BCUT2D eigenvalue weighted by Crippen LogP contribution is 2.60. The zero-order valence-electron chi connectivity index (χ0n) is 16.2. The maximum absolute atomic E-state index is 13.0. The predicted molar refractivity (Wildman–Crippen MR) is 124 cm³/mol. The van der Waals surface area contributed by atoms with E-state index in [0.29, 0.717) is 15.2 Å². The first-order chi connectivity index (χ1) is 14.6. The molecule has 3 aliphatic rings. The molecule has 4 rings (SSSR count). The Hall–Kier alpha value is -0.970. The van der Waals surface area contributed by atoms with E-state index in [9.17, 15) is 19.2 Å². The molecule has 0 aromatic heterocycles. The first-order valence-corrected chi connectivity index (χ1v) is 12.7. The van der Waals surface area contributed by atoms with Crippen molar-refractivity contribution >= 4 is 88.8 Å². The molecule has 3 fully saturated rings. The fourth-order valence-electron chi connectivity index (χ4n) is 4.89. The molecule has 1 aromatic rings. The van der Waals surface area contributed by atoms with E-state index in [1.807, 2.05) is 0 Å². The third kappa shape index (κ3) is 3.98. The molecule has 166 valence electrons. The molecular formula is C20H18Br3ClN2O5. The summed E-state index contributed by atoms with van der Waals surface area (Å²) in [4.78, 5) is 51.9. The van der Waals surface area contributed by atoms with Crippen LogP contribution in [0.4, 0.5) is 5.69 Å². The van der Waals surface area contributed by atoms with Crippen LogP contribution in [0.1, 0.15) is 13.3 Å². The van der Waals surface area contributed by atoms with Crippen LogP contribution >= 0.6 is 59.4 Å². The molecule has 2 bridgehead atoms. The van der Waals surface area contributed by atoms with Gasteiger partial charge in [0.2, 0.25) is 11.8 Å². The highest BCUT2D eigenvalue weighted by molar-refractivity contribution is 9.12. The predicted octanol–water partition coefficient (Wildman–Crippen LogP) is 3.75. The molecule has 0 unspecified atom stereocenters. The van der Waals surface area contributed by atoms with E-state index < -0.39 is 36.4 Å². The number of ether oxygens (including phenoxy) is 1. The molecule has 0 radical (unpaired) electrons. The lowest BCUT2D eigenvalue weighted by Gasteiger charge is -2.28. The maximum Gasteiger partial charge on any atom is 0.329 e. The normalized spacial score (nSPS) is 32.2. The lowest BCUT2D eigenvalue weighted by atomic mass is 9.81. The molecule has 1 aliphatic heterocycles. The van der Waals surface area contributed by atoms with Gasteiger partial charge < -0.3 is 10.1 Å². The summed E-state index contributed by atoms with van der Waals surface area (Å²) in [5, 5.41) is 3.00. The lowest BCUT2D eigenvalue weighted by molar-refractivity contribution is -0.159. The van der Waals surface area contributed by atoms with Crippen LogP contribution in [0, 0.1) is 23.7 Å². The Morgan fingerprint density at radius 2 is 1.77 bits per heavy atom. The lowest BCUT2D eigenvalue weighted by Crippen LogP contribution is -2.45. The summed E-state index contributed by atoms with van der Waals surface area (Å²) in [6, 6.07) is 3.77. The number of halogens is 4. The van der Waals surface area contributed by atoms with Gasteiger partial charge in [-0.3, -0.25) is 19.3 Å². The van der Waals surface area contributed by atoms with Crippen molar-refractivity contribution in [1.29, 1.82) is 0 Å². The smallest absolute Gasteiger partial charge is 0.329 e. The molecule has 2 saturated carbocycles. The van der Waals surface area contributed by atoms with E-state index in [1.54, 1.807) is 18.2 Å². The second kappa shape index (κ2) is 8.76. The molecule has 0 spiro atoms. The van der Waals surface area contributed by atoms with Gasteiger partial charge in [-0.05, 0) is 59.3 Å². The Morgan fingerprint density at radius 3 is 2.32 bits per heavy atom. The van der Waals surface area contributed by atoms with Gasteiger partial charge in [0.15, 0.2) is 6.61 Å². The van der Waals surface area contributed by atoms with Crippen LogP contribution in [0.3, 0.4) is 0 Å². The van der Waals surface area contributed by atoms with Gasteiger partial charge in [0.1, 0.15) is 6.04 Å². The van der Waals surface area contributed by atoms with E-state index in [0.717, 1.165) is 11.3 Å². The zero-order chi connectivity index (χ0) is 22.6. The number of imide groups is 1. The molecule has 1 saturated heterocycles. The molecule has 31 heavy (non-hydrogen) atoms. The summed E-state index contributed by atoms with van der Waals surface area (Å²) in [7, 11) is 0. The average Bonchev–Trinajstić information content (AvgIpc) is 3.33. The fourth-order valence-corrected chi connectivity index (χ4v) is 7.19. The highest BCUT2D eigenvalue weighted by Gasteiger charge is 2.67. The molecule has 1 N–H and O–H groups in total. The van der Waals surface area contributed by atoms with Gasteiger partial charge in [-0.1, -0.05) is 43.5 Å². The minimum absolute atomic E-state index is 0.0626. The first kappa shape index (κ1) is 23.2. The Bertz CT molecular complexity index is 944. The van der Waals surface area contributed by atoms with Crippen molar-refractivity contribution in [3.05, 3.63) is 27.7 Å². The van der Waals surface area contributed by atoms with Crippen LogP contribution in [-0.4, -0.2) is 50.9 Å². The maximum atomic E-state index is 13.0. The average molecular weight is 642 g/mol. The van der Waals surface area contributed by atoms with Crippen LogP contribution < -0.4 is 5.32 Å². The van der Waals surface area contributed by atoms with Crippen LogP contribution in [0.25, 0.3) is 0 Å². The number of carbonyl (C=O) groups is 4. The van der Waals surface area contributed by atoms with Gasteiger partial charge in [-0.15, -0.1) is 0 Å². The number of nitrogens with one attached hydrogen (secondary N) is 1. The van der Waals surface area contributed by atoms with Crippen molar-refractivity contribution in [3.8, 4) is 0 Å². The Balaban J connectivity index is 1.36. The van der Waals surface area contributed by atoms with Crippen LogP contribution in [0.5, 0.6) is 0 Å². The number of likely N-dealkylation sites (tertiary alicyclic amines) is 1.